The zero-order chi connectivity index (χ0) is 21.6. The van der Waals surface area contributed by atoms with E-state index in [4.69, 9.17) is 0 Å². The zero-order valence-electron chi connectivity index (χ0n) is 16.5. The Labute approximate surface area is 176 Å². The molecule has 0 bridgehead atoms. The molecule has 0 heterocycles. The number of nitrogens with one attached hydrogen (secondary N) is 1. The maximum Gasteiger partial charge on any atom is 0.243 e. The quantitative estimate of drug-likeness (QED) is 0.594. The minimum atomic E-state index is -3.88. The van der Waals surface area contributed by atoms with Gasteiger partial charge in [-0.15, -0.1) is 0 Å². The predicted molar refractivity (Wildman–Crippen MR) is 113 cm³/mol. The summed E-state index contributed by atoms with van der Waals surface area (Å²) in [7, 11) is -3.88. The SMILES string of the molecule is C[C@H](NC(=O)CN(Cc1ccccc1)S(=O)(=O)c1ccccc1)c1ccc(F)cc1. The van der Waals surface area contributed by atoms with Crippen LogP contribution in [-0.4, -0.2) is 25.2 Å². The second kappa shape index (κ2) is 9.65. The molecule has 0 saturated carbocycles. The van der Waals surface area contributed by atoms with E-state index in [-0.39, 0.29) is 23.8 Å². The minimum absolute atomic E-state index is 0.0659. The van der Waals surface area contributed by atoms with E-state index in [1.165, 1.54) is 24.3 Å². The molecule has 1 atom stereocenters. The van der Waals surface area contributed by atoms with Crippen LogP contribution < -0.4 is 5.32 Å². The van der Waals surface area contributed by atoms with Crippen LogP contribution in [0.1, 0.15) is 24.1 Å². The average molecular weight is 427 g/mol. The molecule has 3 aromatic carbocycles. The van der Waals surface area contributed by atoms with Crippen molar-refractivity contribution < 1.29 is 17.6 Å². The van der Waals surface area contributed by atoms with Gasteiger partial charge in [0.15, 0.2) is 0 Å². The molecular formula is C23H23FN2O3S. The van der Waals surface area contributed by atoms with Gasteiger partial charge in [-0.05, 0) is 42.3 Å². The Hall–Kier alpha value is -3.03. The molecule has 3 rings (SSSR count). The van der Waals surface area contributed by atoms with E-state index in [1.54, 1.807) is 37.3 Å². The van der Waals surface area contributed by atoms with E-state index in [0.717, 1.165) is 15.4 Å². The van der Waals surface area contributed by atoms with Crippen molar-refractivity contribution in [2.24, 2.45) is 0 Å². The number of benzene rings is 3. The molecule has 30 heavy (non-hydrogen) atoms. The van der Waals surface area contributed by atoms with Gasteiger partial charge in [0.25, 0.3) is 0 Å². The molecule has 1 amide bonds. The predicted octanol–water partition coefficient (Wildman–Crippen LogP) is 3.89. The number of hydrogen-bond donors (Lipinski definition) is 1. The number of sulfonamides is 1. The van der Waals surface area contributed by atoms with Gasteiger partial charge < -0.3 is 5.32 Å². The number of carbonyl (C=O) groups is 1. The summed E-state index contributed by atoms with van der Waals surface area (Å²) in [5, 5.41) is 2.79. The number of amides is 1. The second-order valence-corrected chi connectivity index (χ2v) is 8.85. The van der Waals surface area contributed by atoms with Gasteiger partial charge in [-0.25, -0.2) is 12.8 Å². The van der Waals surface area contributed by atoms with Crippen LogP contribution in [0.3, 0.4) is 0 Å². The van der Waals surface area contributed by atoms with Crippen LogP contribution in [0.15, 0.2) is 89.8 Å². The molecule has 0 aromatic heterocycles. The topological polar surface area (TPSA) is 66.5 Å². The zero-order valence-corrected chi connectivity index (χ0v) is 17.3. The highest BCUT2D eigenvalue weighted by Gasteiger charge is 2.27. The lowest BCUT2D eigenvalue weighted by Gasteiger charge is -2.23. The van der Waals surface area contributed by atoms with Crippen molar-refractivity contribution in [3.8, 4) is 0 Å². The Bertz CT molecular complexity index is 1070. The first-order valence-corrected chi connectivity index (χ1v) is 10.9. The van der Waals surface area contributed by atoms with Crippen LogP contribution >= 0.6 is 0 Å². The van der Waals surface area contributed by atoms with Crippen molar-refractivity contribution in [3.63, 3.8) is 0 Å². The van der Waals surface area contributed by atoms with E-state index in [1.807, 2.05) is 30.3 Å². The van der Waals surface area contributed by atoms with Crippen LogP contribution in [-0.2, 0) is 21.4 Å². The smallest absolute Gasteiger partial charge is 0.243 e. The summed E-state index contributed by atoms with van der Waals surface area (Å²) in [6.45, 7) is 1.49. The van der Waals surface area contributed by atoms with E-state index in [0.29, 0.717) is 0 Å². The molecule has 0 saturated heterocycles. The lowest BCUT2D eigenvalue weighted by molar-refractivity contribution is -0.122. The summed E-state index contributed by atoms with van der Waals surface area (Å²) in [6, 6.07) is 22.6. The number of rotatable bonds is 8. The van der Waals surface area contributed by atoms with Gasteiger partial charge in [-0.1, -0.05) is 60.7 Å². The monoisotopic (exact) mass is 426 g/mol. The number of halogens is 1. The minimum Gasteiger partial charge on any atom is -0.348 e. The molecule has 0 aliphatic heterocycles. The summed E-state index contributed by atoms with van der Waals surface area (Å²) in [5.74, 6) is -0.803. The largest absolute Gasteiger partial charge is 0.348 e. The number of hydrogen-bond acceptors (Lipinski definition) is 3. The fourth-order valence-electron chi connectivity index (χ4n) is 3.04. The summed E-state index contributed by atoms with van der Waals surface area (Å²) < 4.78 is 40.6. The lowest BCUT2D eigenvalue weighted by Crippen LogP contribution is -2.41. The Morgan fingerprint density at radius 3 is 2.10 bits per heavy atom. The van der Waals surface area contributed by atoms with Crippen molar-refractivity contribution in [2.75, 3.05) is 6.54 Å². The van der Waals surface area contributed by atoms with Gasteiger partial charge in [0, 0.05) is 6.54 Å². The maximum atomic E-state index is 13.2. The van der Waals surface area contributed by atoms with Gasteiger partial charge >= 0.3 is 0 Å². The summed E-state index contributed by atoms with van der Waals surface area (Å²) >= 11 is 0. The Morgan fingerprint density at radius 1 is 0.933 bits per heavy atom. The Kier molecular flexibility index (Phi) is 6.97. The second-order valence-electron chi connectivity index (χ2n) is 6.91. The molecule has 5 nitrogen and oxygen atoms in total. The molecule has 0 aliphatic rings. The van der Waals surface area contributed by atoms with E-state index in [9.17, 15) is 17.6 Å². The third kappa shape index (κ3) is 5.52. The lowest BCUT2D eigenvalue weighted by atomic mass is 10.1. The Morgan fingerprint density at radius 2 is 1.50 bits per heavy atom. The molecule has 0 radical (unpaired) electrons. The van der Waals surface area contributed by atoms with E-state index >= 15 is 0 Å². The van der Waals surface area contributed by atoms with E-state index < -0.39 is 22.0 Å². The third-order valence-electron chi connectivity index (χ3n) is 4.65. The molecule has 7 heteroatoms. The van der Waals surface area contributed by atoms with Crippen LogP contribution in [0, 0.1) is 5.82 Å². The van der Waals surface area contributed by atoms with Crippen molar-refractivity contribution in [3.05, 3.63) is 102 Å². The summed E-state index contributed by atoms with van der Waals surface area (Å²) in [6.07, 6.45) is 0. The van der Waals surface area contributed by atoms with Gasteiger partial charge in [-0.3, -0.25) is 4.79 Å². The van der Waals surface area contributed by atoms with E-state index in [2.05, 4.69) is 5.32 Å². The molecule has 0 aliphatic carbocycles. The van der Waals surface area contributed by atoms with Crippen LogP contribution in [0.25, 0.3) is 0 Å². The summed E-state index contributed by atoms with van der Waals surface area (Å²) in [5.41, 5.74) is 1.50. The van der Waals surface area contributed by atoms with Crippen molar-refractivity contribution >= 4 is 15.9 Å². The Balaban J connectivity index is 1.79. The van der Waals surface area contributed by atoms with Gasteiger partial charge in [0.05, 0.1) is 17.5 Å². The normalized spacial score (nSPS) is 12.5. The average Bonchev–Trinajstić information content (AvgIpc) is 2.75. The fraction of sp³-hybridized carbons (Fsp3) is 0.174. The first-order valence-electron chi connectivity index (χ1n) is 9.50. The van der Waals surface area contributed by atoms with Crippen LogP contribution in [0.5, 0.6) is 0 Å². The molecule has 3 aromatic rings. The van der Waals surface area contributed by atoms with Crippen LogP contribution in [0.4, 0.5) is 4.39 Å². The highest BCUT2D eigenvalue weighted by molar-refractivity contribution is 7.89. The molecular weight excluding hydrogens is 403 g/mol. The van der Waals surface area contributed by atoms with Gasteiger partial charge in [0.2, 0.25) is 15.9 Å². The number of carbonyl (C=O) groups excluding carboxylic acids is 1. The van der Waals surface area contributed by atoms with Gasteiger partial charge in [0.1, 0.15) is 5.82 Å². The summed E-state index contributed by atoms with van der Waals surface area (Å²) in [4.78, 5) is 12.8. The molecule has 0 spiro atoms. The highest BCUT2D eigenvalue weighted by atomic mass is 32.2. The third-order valence-corrected chi connectivity index (χ3v) is 6.46. The van der Waals surface area contributed by atoms with Crippen molar-refractivity contribution in [2.45, 2.75) is 24.4 Å². The maximum absolute atomic E-state index is 13.2. The van der Waals surface area contributed by atoms with Crippen molar-refractivity contribution in [1.82, 2.24) is 9.62 Å². The molecule has 156 valence electrons. The van der Waals surface area contributed by atoms with Crippen LogP contribution in [0.2, 0.25) is 0 Å². The first-order chi connectivity index (χ1) is 14.4. The number of nitrogens with zero attached hydrogens (tertiary/aromatic N) is 1. The van der Waals surface area contributed by atoms with Gasteiger partial charge in [-0.2, -0.15) is 4.31 Å². The highest BCUT2D eigenvalue weighted by Crippen LogP contribution is 2.19. The molecule has 0 unspecified atom stereocenters. The van der Waals surface area contributed by atoms with Crippen molar-refractivity contribution in [1.29, 1.82) is 0 Å². The molecule has 1 N–H and O–H groups in total. The molecule has 0 fully saturated rings. The standard InChI is InChI=1S/C23H23FN2O3S/c1-18(20-12-14-21(24)15-13-20)25-23(27)17-26(16-19-8-4-2-5-9-19)30(28,29)22-10-6-3-7-11-22/h2-15,18H,16-17H2,1H3,(H,25,27)/t18-/m0/s1. The first kappa shape index (κ1) is 21.7. The fourth-order valence-corrected chi connectivity index (χ4v) is 4.44.